The van der Waals surface area contributed by atoms with E-state index in [-0.39, 0.29) is 0 Å². The average molecular weight is 235 g/mol. The van der Waals surface area contributed by atoms with Crippen molar-refractivity contribution in [3.8, 4) is 0 Å². The third-order valence-electron chi connectivity index (χ3n) is 2.91. The Morgan fingerprint density at radius 2 is 2.35 bits per heavy atom. The van der Waals surface area contributed by atoms with Gasteiger partial charge in [0.25, 0.3) is 0 Å². The number of nitrogens with one attached hydrogen (secondary N) is 1. The second-order valence-electron chi connectivity index (χ2n) is 4.09. The summed E-state index contributed by atoms with van der Waals surface area (Å²) in [4.78, 5) is 13.1. The second kappa shape index (κ2) is 5.05. The lowest BCUT2D eigenvalue weighted by Crippen LogP contribution is -2.35. The SMILES string of the molecule is NCCCN1CCNc2ccc(C(=O)O)cc21. The van der Waals surface area contributed by atoms with Crippen molar-refractivity contribution in [1.29, 1.82) is 0 Å². The highest BCUT2D eigenvalue weighted by Crippen LogP contribution is 2.30. The highest BCUT2D eigenvalue weighted by atomic mass is 16.4. The Bertz CT molecular complexity index is 420. The van der Waals surface area contributed by atoms with Gasteiger partial charge in [0.15, 0.2) is 0 Å². The zero-order valence-electron chi connectivity index (χ0n) is 9.65. The van der Waals surface area contributed by atoms with Crippen LogP contribution in [0.2, 0.25) is 0 Å². The molecule has 1 aromatic carbocycles. The van der Waals surface area contributed by atoms with Crippen LogP contribution in [0, 0.1) is 0 Å². The van der Waals surface area contributed by atoms with Gasteiger partial charge in [-0.1, -0.05) is 0 Å². The van der Waals surface area contributed by atoms with Crippen molar-refractivity contribution in [2.24, 2.45) is 5.73 Å². The van der Waals surface area contributed by atoms with Gasteiger partial charge in [0.2, 0.25) is 0 Å². The van der Waals surface area contributed by atoms with Gasteiger partial charge in [-0.3, -0.25) is 0 Å². The van der Waals surface area contributed by atoms with E-state index in [1.807, 2.05) is 6.07 Å². The first-order valence-corrected chi connectivity index (χ1v) is 5.78. The van der Waals surface area contributed by atoms with Gasteiger partial charge in [0.05, 0.1) is 16.9 Å². The van der Waals surface area contributed by atoms with Gasteiger partial charge in [0, 0.05) is 19.6 Å². The molecule has 92 valence electrons. The van der Waals surface area contributed by atoms with Crippen LogP contribution in [0.5, 0.6) is 0 Å². The predicted octanol–water partition coefficient (Wildman–Crippen LogP) is 0.966. The van der Waals surface area contributed by atoms with Gasteiger partial charge >= 0.3 is 5.97 Å². The van der Waals surface area contributed by atoms with Crippen LogP contribution in [-0.4, -0.2) is 37.3 Å². The zero-order valence-corrected chi connectivity index (χ0v) is 9.65. The number of hydrogen-bond donors (Lipinski definition) is 3. The summed E-state index contributed by atoms with van der Waals surface area (Å²) in [6.07, 6.45) is 0.913. The number of anilines is 2. The summed E-state index contributed by atoms with van der Waals surface area (Å²) >= 11 is 0. The molecule has 5 nitrogen and oxygen atoms in total. The molecule has 1 aliphatic heterocycles. The van der Waals surface area contributed by atoms with Crippen molar-refractivity contribution in [2.45, 2.75) is 6.42 Å². The van der Waals surface area contributed by atoms with Gasteiger partial charge in [-0.15, -0.1) is 0 Å². The maximum absolute atomic E-state index is 10.9. The molecule has 0 saturated heterocycles. The monoisotopic (exact) mass is 235 g/mol. The molecule has 0 amide bonds. The molecule has 17 heavy (non-hydrogen) atoms. The normalized spacial score (nSPS) is 14.1. The Hall–Kier alpha value is -1.75. The van der Waals surface area contributed by atoms with Crippen LogP contribution in [-0.2, 0) is 0 Å². The molecule has 4 N–H and O–H groups in total. The van der Waals surface area contributed by atoms with Crippen LogP contribution in [0.25, 0.3) is 0 Å². The highest BCUT2D eigenvalue weighted by molar-refractivity contribution is 5.91. The number of hydrogen-bond acceptors (Lipinski definition) is 4. The average Bonchev–Trinajstić information content (AvgIpc) is 2.35. The maximum Gasteiger partial charge on any atom is 0.335 e. The molecule has 0 bridgehead atoms. The van der Waals surface area contributed by atoms with E-state index < -0.39 is 5.97 Å². The van der Waals surface area contributed by atoms with Crippen molar-refractivity contribution < 1.29 is 9.90 Å². The molecule has 0 unspecified atom stereocenters. The van der Waals surface area contributed by atoms with Crippen LogP contribution < -0.4 is 16.0 Å². The van der Waals surface area contributed by atoms with Gasteiger partial charge in [0.1, 0.15) is 0 Å². The molecule has 5 heteroatoms. The first-order valence-electron chi connectivity index (χ1n) is 5.78. The van der Waals surface area contributed by atoms with E-state index in [2.05, 4.69) is 10.2 Å². The van der Waals surface area contributed by atoms with E-state index in [1.165, 1.54) is 0 Å². The van der Waals surface area contributed by atoms with Crippen molar-refractivity contribution in [3.63, 3.8) is 0 Å². The van der Waals surface area contributed by atoms with E-state index in [1.54, 1.807) is 12.1 Å². The predicted molar refractivity (Wildman–Crippen MR) is 67.8 cm³/mol. The van der Waals surface area contributed by atoms with Gasteiger partial charge in [-0.2, -0.15) is 0 Å². The van der Waals surface area contributed by atoms with E-state index >= 15 is 0 Å². The second-order valence-corrected chi connectivity index (χ2v) is 4.09. The van der Waals surface area contributed by atoms with Crippen molar-refractivity contribution in [3.05, 3.63) is 23.8 Å². The number of nitrogens with two attached hydrogens (primary N) is 1. The van der Waals surface area contributed by atoms with Crippen LogP contribution in [0.3, 0.4) is 0 Å². The first-order chi connectivity index (χ1) is 8.22. The number of fused-ring (bicyclic) bond motifs is 1. The van der Waals surface area contributed by atoms with Gasteiger partial charge < -0.3 is 21.1 Å². The fourth-order valence-corrected chi connectivity index (χ4v) is 2.04. The lowest BCUT2D eigenvalue weighted by atomic mass is 10.1. The fraction of sp³-hybridized carbons (Fsp3) is 0.417. The molecule has 0 fully saturated rings. The quantitative estimate of drug-likeness (QED) is 0.724. The van der Waals surface area contributed by atoms with Gasteiger partial charge in [-0.25, -0.2) is 4.79 Å². The van der Waals surface area contributed by atoms with E-state index in [4.69, 9.17) is 10.8 Å². The van der Waals surface area contributed by atoms with E-state index in [0.29, 0.717) is 12.1 Å². The third kappa shape index (κ3) is 2.50. The minimum absolute atomic E-state index is 0.324. The lowest BCUT2D eigenvalue weighted by Gasteiger charge is -2.32. The van der Waals surface area contributed by atoms with E-state index in [0.717, 1.165) is 37.4 Å². The summed E-state index contributed by atoms with van der Waals surface area (Å²) in [5.41, 5.74) is 7.79. The molecule has 0 saturated carbocycles. The van der Waals surface area contributed by atoms with Crippen molar-refractivity contribution >= 4 is 17.3 Å². The lowest BCUT2D eigenvalue weighted by molar-refractivity contribution is 0.0697. The number of carbonyl (C=O) groups is 1. The number of benzene rings is 1. The summed E-state index contributed by atoms with van der Waals surface area (Å²) in [5, 5.41) is 12.3. The summed E-state index contributed by atoms with van der Waals surface area (Å²) in [5.74, 6) is -0.892. The van der Waals surface area contributed by atoms with Crippen molar-refractivity contribution in [2.75, 3.05) is 36.4 Å². The maximum atomic E-state index is 10.9. The molecule has 0 radical (unpaired) electrons. The summed E-state index contributed by atoms with van der Waals surface area (Å²) < 4.78 is 0. The Morgan fingerprint density at radius 1 is 1.53 bits per heavy atom. The third-order valence-corrected chi connectivity index (χ3v) is 2.91. The Kier molecular flexibility index (Phi) is 3.49. The molecule has 0 aromatic heterocycles. The van der Waals surface area contributed by atoms with Crippen LogP contribution in [0.15, 0.2) is 18.2 Å². The molecule has 0 spiro atoms. The summed E-state index contributed by atoms with van der Waals surface area (Å²) in [6, 6.07) is 5.17. The van der Waals surface area contributed by atoms with Crippen LogP contribution in [0.4, 0.5) is 11.4 Å². The number of carboxylic acid groups (broad SMARTS) is 1. The van der Waals surface area contributed by atoms with Crippen LogP contribution in [0.1, 0.15) is 16.8 Å². The number of carboxylic acids is 1. The number of aromatic carboxylic acids is 1. The molecular weight excluding hydrogens is 218 g/mol. The van der Waals surface area contributed by atoms with E-state index in [9.17, 15) is 4.79 Å². The smallest absolute Gasteiger partial charge is 0.335 e. The fourth-order valence-electron chi connectivity index (χ4n) is 2.04. The van der Waals surface area contributed by atoms with Gasteiger partial charge in [-0.05, 0) is 31.2 Å². The molecule has 1 heterocycles. The topological polar surface area (TPSA) is 78.6 Å². The van der Waals surface area contributed by atoms with Crippen molar-refractivity contribution in [1.82, 2.24) is 0 Å². The largest absolute Gasteiger partial charge is 0.478 e. The Labute approximate surface area is 100 Å². The molecule has 0 aliphatic carbocycles. The highest BCUT2D eigenvalue weighted by Gasteiger charge is 2.17. The summed E-state index contributed by atoms with van der Waals surface area (Å²) in [6.45, 7) is 3.28. The van der Waals surface area contributed by atoms with Crippen LogP contribution >= 0.6 is 0 Å². The number of rotatable bonds is 4. The minimum atomic E-state index is -0.892. The first kappa shape index (κ1) is 11.7. The zero-order chi connectivity index (χ0) is 12.3. The molecule has 0 atom stereocenters. The Morgan fingerprint density at radius 3 is 3.06 bits per heavy atom. The minimum Gasteiger partial charge on any atom is -0.478 e. The number of nitrogens with zero attached hydrogens (tertiary/aromatic N) is 1. The standard InChI is InChI=1S/C12H17N3O2/c13-4-1-6-15-7-5-14-10-3-2-9(12(16)17)8-11(10)15/h2-3,8,14H,1,4-7,13H2,(H,16,17). The molecular formula is C12H17N3O2. The molecule has 1 aromatic rings. The Balaban J connectivity index is 2.27. The summed E-state index contributed by atoms with van der Waals surface area (Å²) in [7, 11) is 0. The molecule has 2 rings (SSSR count). The molecule has 1 aliphatic rings.